The van der Waals surface area contributed by atoms with Gasteiger partial charge in [0, 0.05) is 12.3 Å². The average Bonchev–Trinajstić information content (AvgIpc) is 2.24. The van der Waals surface area contributed by atoms with Crippen molar-refractivity contribution in [3.05, 3.63) is 28.4 Å². The van der Waals surface area contributed by atoms with Crippen molar-refractivity contribution < 1.29 is 14.5 Å². The van der Waals surface area contributed by atoms with Crippen LogP contribution in [0.2, 0.25) is 0 Å². The molecule has 0 aliphatic carbocycles. The zero-order valence-corrected chi connectivity index (χ0v) is 10.5. The first-order valence-electron chi connectivity index (χ1n) is 5.35. The van der Waals surface area contributed by atoms with Gasteiger partial charge >= 0.3 is 11.7 Å². The van der Waals surface area contributed by atoms with Gasteiger partial charge in [-0.1, -0.05) is 0 Å². The van der Waals surface area contributed by atoms with E-state index in [2.05, 4.69) is 10.3 Å². The highest BCUT2D eigenvalue weighted by molar-refractivity contribution is 5.76. The summed E-state index contributed by atoms with van der Waals surface area (Å²) >= 11 is 0. The highest BCUT2D eigenvalue weighted by Crippen LogP contribution is 2.19. The Labute approximate surface area is 104 Å². The number of anilines is 1. The van der Waals surface area contributed by atoms with E-state index < -0.39 is 16.5 Å². The molecule has 1 N–H and O–H groups in total. The van der Waals surface area contributed by atoms with Crippen molar-refractivity contribution in [3.8, 4) is 0 Å². The van der Waals surface area contributed by atoms with Crippen molar-refractivity contribution in [1.29, 1.82) is 0 Å². The molecule has 0 spiro atoms. The molecule has 0 fully saturated rings. The maximum absolute atomic E-state index is 11.4. The number of nitrogens with zero attached hydrogens (tertiary/aromatic N) is 2. The van der Waals surface area contributed by atoms with E-state index in [1.54, 1.807) is 20.8 Å². The lowest BCUT2D eigenvalue weighted by Gasteiger charge is -2.19. The summed E-state index contributed by atoms with van der Waals surface area (Å²) in [6.07, 6.45) is 1.41. The summed E-state index contributed by atoms with van der Waals surface area (Å²) < 4.78 is 5.06. The third-order valence-electron chi connectivity index (χ3n) is 1.80. The maximum Gasteiger partial charge on any atom is 0.325 e. The Morgan fingerprint density at radius 2 is 2.22 bits per heavy atom. The average molecular weight is 253 g/mol. The number of aromatic nitrogens is 1. The smallest absolute Gasteiger partial charge is 0.325 e. The van der Waals surface area contributed by atoms with Gasteiger partial charge in [0.1, 0.15) is 12.1 Å². The molecule has 0 atom stereocenters. The second-order valence-electron chi connectivity index (χ2n) is 4.57. The maximum atomic E-state index is 11.4. The normalized spacial score (nSPS) is 10.8. The minimum absolute atomic E-state index is 0.0494. The summed E-state index contributed by atoms with van der Waals surface area (Å²) in [5.41, 5.74) is -0.768. The lowest BCUT2D eigenvalue weighted by atomic mass is 10.2. The zero-order valence-electron chi connectivity index (χ0n) is 10.5. The third-order valence-corrected chi connectivity index (χ3v) is 1.80. The van der Waals surface area contributed by atoms with Crippen LogP contribution in [0.25, 0.3) is 0 Å². The molecule has 1 aromatic rings. The van der Waals surface area contributed by atoms with Crippen LogP contribution in [0.1, 0.15) is 20.8 Å². The number of pyridine rings is 1. The molecule has 0 aliphatic rings. The van der Waals surface area contributed by atoms with E-state index >= 15 is 0 Å². The van der Waals surface area contributed by atoms with Crippen molar-refractivity contribution in [2.45, 2.75) is 26.4 Å². The van der Waals surface area contributed by atoms with Gasteiger partial charge in [-0.15, -0.1) is 0 Å². The van der Waals surface area contributed by atoms with Crippen LogP contribution in [0.15, 0.2) is 18.3 Å². The molecule has 98 valence electrons. The van der Waals surface area contributed by atoms with Crippen molar-refractivity contribution in [2.24, 2.45) is 0 Å². The summed E-state index contributed by atoms with van der Waals surface area (Å²) in [4.78, 5) is 25.4. The quantitative estimate of drug-likeness (QED) is 0.499. The number of hydrogen-bond donors (Lipinski definition) is 1. The van der Waals surface area contributed by atoms with E-state index in [0.717, 1.165) is 0 Å². The van der Waals surface area contributed by atoms with Crippen LogP contribution in [-0.2, 0) is 9.53 Å². The molecule has 7 heteroatoms. The first-order valence-corrected chi connectivity index (χ1v) is 5.35. The largest absolute Gasteiger partial charge is 0.459 e. The number of hydrogen-bond acceptors (Lipinski definition) is 6. The van der Waals surface area contributed by atoms with Gasteiger partial charge in [0.2, 0.25) is 5.82 Å². The summed E-state index contributed by atoms with van der Waals surface area (Å²) in [7, 11) is 0. The van der Waals surface area contributed by atoms with Gasteiger partial charge in [0.15, 0.2) is 0 Å². The number of ether oxygens (including phenoxy) is 1. The highest BCUT2D eigenvalue weighted by atomic mass is 16.6. The SMILES string of the molecule is CC(C)(C)OC(=O)CNc1ncccc1[N+](=O)[O-]. The second-order valence-corrected chi connectivity index (χ2v) is 4.57. The fourth-order valence-electron chi connectivity index (χ4n) is 1.21. The number of rotatable bonds is 4. The van der Waals surface area contributed by atoms with Crippen molar-refractivity contribution >= 4 is 17.5 Å². The molecule has 1 aromatic heterocycles. The molecular weight excluding hydrogens is 238 g/mol. The monoisotopic (exact) mass is 253 g/mol. The predicted molar refractivity (Wildman–Crippen MR) is 65.2 cm³/mol. The van der Waals surface area contributed by atoms with Crippen LogP contribution in [-0.4, -0.2) is 28.0 Å². The standard InChI is InChI=1S/C11H15N3O4/c1-11(2,3)18-9(15)7-13-10-8(14(16)17)5-4-6-12-10/h4-6H,7H2,1-3H3,(H,12,13). The topological polar surface area (TPSA) is 94.4 Å². The minimum atomic E-state index is -0.588. The summed E-state index contributed by atoms with van der Waals surface area (Å²) in [6, 6.07) is 2.77. The predicted octanol–water partition coefficient (Wildman–Crippen LogP) is 1.74. The van der Waals surface area contributed by atoms with Gasteiger partial charge in [-0.2, -0.15) is 0 Å². The van der Waals surface area contributed by atoms with Gasteiger partial charge < -0.3 is 10.1 Å². The molecule has 0 amide bonds. The fraction of sp³-hybridized carbons (Fsp3) is 0.455. The second kappa shape index (κ2) is 5.44. The summed E-state index contributed by atoms with van der Waals surface area (Å²) in [5, 5.41) is 13.3. The molecule has 0 aliphatic heterocycles. The van der Waals surface area contributed by atoms with E-state index in [9.17, 15) is 14.9 Å². The molecule has 0 saturated carbocycles. The molecule has 0 aromatic carbocycles. The van der Waals surface area contributed by atoms with Crippen LogP contribution in [0, 0.1) is 10.1 Å². The molecule has 1 rings (SSSR count). The lowest BCUT2D eigenvalue weighted by Crippen LogP contribution is -2.28. The van der Waals surface area contributed by atoms with Gasteiger partial charge in [-0.25, -0.2) is 4.98 Å². The first kappa shape index (κ1) is 13.9. The first-order chi connectivity index (χ1) is 8.29. The van der Waals surface area contributed by atoms with E-state index in [0.29, 0.717) is 0 Å². The number of carbonyl (C=O) groups is 1. The van der Waals surface area contributed by atoms with E-state index in [1.165, 1.54) is 18.3 Å². The van der Waals surface area contributed by atoms with Gasteiger partial charge in [0.25, 0.3) is 0 Å². The number of esters is 1. The number of carbonyl (C=O) groups excluding carboxylic acids is 1. The van der Waals surface area contributed by atoms with E-state index in [-0.39, 0.29) is 18.1 Å². The summed E-state index contributed by atoms with van der Waals surface area (Å²) in [5.74, 6) is -0.448. The molecule has 0 saturated heterocycles. The van der Waals surface area contributed by atoms with Crippen molar-refractivity contribution in [1.82, 2.24) is 4.98 Å². The van der Waals surface area contributed by atoms with E-state index in [4.69, 9.17) is 4.74 Å². The van der Waals surface area contributed by atoms with Crippen LogP contribution in [0.4, 0.5) is 11.5 Å². The third kappa shape index (κ3) is 4.36. The van der Waals surface area contributed by atoms with E-state index in [1.807, 2.05) is 0 Å². The molecule has 0 bridgehead atoms. The number of nitrogens with one attached hydrogen (secondary N) is 1. The minimum Gasteiger partial charge on any atom is -0.459 e. The van der Waals surface area contributed by atoms with Gasteiger partial charge in [-0.05, 0) is 26.8 Å². The molecular formula is C11H15N3O4. The molecule has 0 radical (unpaired) electrons. The Hall–Kier alpha value is -2.18. The zero-order chi connectivity index (χ0) is 13.8. The van der Waals surface area contributed by atoms with Crippen LogP contribution >= 0.6 is 0 Å². The van der Waals surface area contributed by atoms with Crippen LogP contribution in [0.5, 0.6) is 0 Å². The molecule has 18 heavy (non-hydrogen) atoms. The Kier molecular flexibility index (Phi) is 4.19. The van der Waals surface area contributed by atoms with Crippen molar-refractivity contribution in [3.63, 3.8) is 0 Å². The Morgan fingerprint density at radius 1 is 1.56 bits per heavy atom. The summed E-state index contributed by atoms with van der Waals surface area (Å²) in [6.45, 7) is 5.06. The molecule has 7 nitrogen and oxygen atoms in total. The Morgan fingerprint density at radius 3 is 2.78 bits per heavy atom. The van der Waals surface area contributed by atoms with Crippen LogP contribution in [0.3, 0.4) is 0 Å². The Balaban J connectivity index is 2.64. The fourth-order valence-corrected chi connectivity index (χ4v) is 1.21. The lowest BCUT2D eigenvalue weighted by molar-refractivity contribution is -0.384. The van der Waals surface area contributed by atoms with Gasteiger partial charge in [0.05, 0.1) is 4.92 Å². The Bertz CT molecular complexity index is 454. The van der Waals surface area contributed by atoms with Gasteiger partial charge in [-0.3, -0.25) is 14.9 Å². The molecule has 1 heterocycles. The highest BCUT2D eigenvalue weighted by Gasteiger charge is 2.18. The number of nitro groups is 1. The van der Waals surface area contributed by atoms with Crippen LogP contribution < -0.4 is 5.32 Å². The van der Waals surface area contributed by atoms with Crippen molar-refractivity contribution in [2.75, 3.05) is 11.9 Å². The molecule has 0 unspecified atom stereocenters.